The molecule has 1 amide bonds. The zero-order chi connectivity index (χ0) is 13.0. The fourth-order valence-corrected chi connectivity index (χ4v) is 2.20. The van der Waals surface area contributed by atoms with Crippen molar-refractivity contribution in [3.05, 3.63) is 24.2 Å². The smallest absolute Gasteiger partial charge is 0.221 e. The van der Waals surface area contributed by atoms with Crippen LogP contribution in [-0.4, -0.2) is 55.5 Å². The molecule has 0 saturated carbocycles. The average Bonchev–Trinajstić information content (AvgIpc) is 2.84. The molecule has 1 N–H and O–H groups in total. The lowest BCUT2D eigenvalue weighted by atomic mass is 10.1. The molecule has 1 aromatic rings. The Kier molecular flexibility index (Phi) is 4.38. The summed E-state index contributed by atoms with van der Waals surface area (Å²) in [7, 11) is 4.18. The van der Waals surface area contributed by atoms with Crippen molar-refractivity contribution in [2.75, 3.05) is 33.7 Å². The normalized spacial score (nSPS) is 22.0. The van der Waals surface area contributed by atoms with Crippen molar-refractivity contribution in [1.29, 1.82) is 0 Å². The molecule has 18 heavy (non-hydrogen) atoms. The number of piperazine rings is 1. The minimum Gasteiger partial charge on any atom is -0.472 e. The molecule has 1 aromatic heterocycles. The Balaban J connectivity index is 1.76. The van der Waals surface area contributed by atoms with Crippen LogP contribution in [0.5, 0.6) is 0 Å². The second-order valence-corrected chi connectivity index (χ2v) is 5.01. The fourth-order valence-electron chi connectivity index (χ4n) is 2.20. The number of amides is 1. The number of nitrogens with zero attached hydrogens (tertiary/aromatic N) is 2. The van der Waals surface area contributed by atoms with Gasteiger partial charge in [-0.05, 0) is 20.2 Å². The number of furan rings is 1. The summed E-state index contributed by atoms with van der Waals surface area (Å²) in [6.07, 6.45) is 3.82. The van der Waals surface area contributed by atoms with E-state index in [1.54, 1.807) is 12.5 Å². The summed E-state index contributed by atoms with van der Waals surface area (Å²) in [6.45, 7) is 3.59. The van der Waals surface area contributed by atoms with E-state index in [1.807, 2.05) is 6.07 Å². The van der Waals surface area contributed by atoms with Gasteiger partial charge in [0.05, 0.1) is 12.5 Å². The summed E-state index contributed by atoms with van der Waals surface area (Å²) in [5.74, 6) is 0.100. The third-order valence-corrected chi connectivity index (χ3v) is 3.47. The van der Waals surface area contributed by atoms with Crippen LogP contribution in [-0.2, 0) is 11.3 Å². The Morgan fingerprint density at radius 1 is 1.50 bits per heavy atom. The first-order valence-corrected chi connectivity index (χ1v) is 6.31. The molecule has 5 nitrogen and oxygen atoms in total. The van der Waals surface area contributed by atoms with Crippen LogP contribution in [0.4, 0.5) is 0 Å². The molecule has 0 bridgehead atoms. The number of rotatable bonds is 4. The molecule has 2 heterocycles. The molecular formula is C13H21N3O2. The molecule has 1 fully saturated rings. The second kappa shape index (κ2) is 6.02. The Hall–Kier alpha value is -1.33. The molecule has 0 aliphatic carbocycles. The number of likely N-dealkylation sites (N-methyl/N-ethyl adjacent to an activating group) is 2. The molecule has 0 spiro atoms. The monoisotopic (exact) mass is 251 g/mol. The van der Waals surface area contributed by atoms with Crippen molar-refractivity contribution in [2.24, 2.45) is 0 Å². The second-order valence-electron chi connectivity index (χ2n) is 5.01. The van der Waals surface area contributed by atoms with E-state index in [0.29, 0.717) is 19.0 Å². The van der Waals surface area contributed by atoms with Crippen LogP contribution in [0.2, 0.25) is 0 Å². The van der Waals surface area contributed by atoms with Crippen molar-refractivity contribution in [3.8, 4) is 0 Å². The van der Waals surface area contributed by atoms with Gasteiger partial charge in [0.25, 0.3) is 0 Å². The van der Waals surface area contributed by atoms with E-state index in [0.717, 1.165) is 25.2 Å². The summed E-state index contributed by atoms with van der Waals surface area (Å²) in [4.78, 5) is 16.4. The lowest BCUT2D eigenvalue weighted by Gasteiger charge is -2.37. The van der Waals surface area contributed by atoms with Crippen molar-refractivity contribution < 1.29 is 9.21 Å². The van der Waals surface area contributed by atoms with E-state index in [4.69, 9.17) is 4.42 Å². The van der Waals surface area contributed by atoms with Gasteiger partial charge in [-0.25, -0.2) is 0 Å². The van der Waals surface area contributed by atoms with Crippen LogP contribution in [0.25, 0.3) is 0 Å². The SMILES string of the molecule is CN1CCN(C)C(CC(=O)NCc2ccoc2)C1. The largest absolute Gasteiger partial charge is 0.472 e. The third kappa shape index (κ3) is 3.58. The maximum absolute atomic E-state index is 11.9. The molecule has 0 radical (unpaired) electrons. The molecule has 1 aliphatic rings. The van der Waals surface area contributed by atoms with Crippen LogP contribution in [0.1, 0.15) is 12.0 Å². The molecule has 100 valence electrons. The Labute approximate surface area is 108 Å². The summed E-state index contributed by atoms with van der Waals surface area (Å²) >= 11 is 0. The first-order chi connectivity index (χ1) is 8.65. The highest BCUT2D eigenvalue weighted by atomic mass is 16.3. The summed E-state index contributed by atoms with van der Waals surface area (Å²) < 4.78 is 4.96. The van der Waals surface area contributed by atoms with Crippen molar-refractivity contribution in [1.82, 2.24) is 15.1 Å². The Morgan fingerprint density at radius 2 is 2.33 bits per heavy atom. The van der Waals surface area contributed by atoms with E-state index in [9.17, 15) is 4.79 Å². The highest BCUT2D eigenvalue weighted by Crippen LogP contribution is 2.09. The number of nitrogens with one attached hydrogen (secondary N) is 1. The van der Waals surface area contributed by atoms with Crippen LogP contribution < -0.4 is 5.32 Å². The van der Waals surface area contributed by atoms with Crippen LogP contribution >= 0.6 is 0 Å². The topological polar surface area (TPSA) is 48.7 Å². The summed E-state index contributed by atoms with van der Waals surface area (Å²) in [5, 5.41) is 2.92. The zero-order valence-corrected chi connectivity index (χ0v) is 11.1. The van der Waals surface area contributed by atoms with Crippen LogP contribution in [0.3, 0.4) is 0 Å². The molecular weight excluding hydrogens is 230 g/mol. The van der Waals surface area contributed by atoms with E-state index < -0.39 is 0 Å². The van der Waals surface area contributed by atoms with E-state index in [1.165, 1.54) is 0 Å². The van der Waals surface area contributed by atoms with Gasteiger partial charge in [0.2, 0.25) is 5.91 Å². The average molecular weight is 251 g/mol. The highest BCUT2D eigenvalue weighted by molar-refractivity contribution is 5.76. The first kappa shape index (κ1) is 13.1. The van der Waals surface area contributed by atoms with E-state index >= 15 is 0 Å². The maximum atomic E-state index is 11.9. The van der Waals surface area contributed by atoms with Gasteiger partial charge in [0.15, 0.2) is 0 Å². The van der Waals surface area contributed by atoms with Crippen molar-refractivity contribution >= 4 is 5.91 Å². The zero-order valence-electron chi connectivity index (χ0n) is 11.1. The highest BCUT2D eigenvalue weighted by Gasteiger charge is 2.24. The van der Waals surface area contributed by atoms with Gasteiger partial charge in [-0.3, -0.25) is 4.79 Å². The predicted molar refractivity (Wildman–Crippen MR) is 69.1 cm³/mol. The third-order valence-electron chi connectivity index (χ3n) is 3.47. The van der Waals surface area contributed by atoms with E-state index in [2.05, 4.69) is 29.2 Å². The summed E-state index contributed by atoms with van der Waals surface area (Å²) in [5.41, 5.74) is 0.998. The molecule has 2 rings (SSSR count). The van der Waals surface area contributed by atoms with Gasteiger partial charge >= 0.3 is 0 Å². The lowest BCUT2D eigenvalue weighted by molar-refractivity contribution is -0.122. The standard InChI is InChI=1S/C13H21N3O2/c1-15-4-5-16(2)12(9-15)7-13(17)14-8-11-3-6-18-10-11/h3,6,10,12H,4-5,7-9H2,1-2H3,(H,14,17). The van der Waals surface area contributed by atoms with Gasteiger partial charge in [0.1, 0.15) is 0 Å². The minimum atomic E-state index is 0.100. The Bertz CT molecular complexity index is 378. The quantitative estimate of drug-likeness (QED) is 0.848. The van der Waals surface area contributed by atoms with Gasteiger partial charge in [-0.15, -0.1) is 0 Å². The van der Waals surface area contributed by atoms with Crippen LogP contribution in [0.15, 0.2) is 23.0 Å². The molecule has 1 aliphatic heterocycles. The molecule has 1 saturated heterocycles. The van der Waals surface area contributed by atoms with Gasteiger partial charge < -0.3 is 19.5 Å². The maximum Gasteiger partial charge on any atom is 0.221 e. The van der Waals surface area contributed by atoms with Gasteiger partial charge in [-0.2, -0.15) is 0 Å². The number of carbonyl (C=O) groups excluding carboxylic acids is 1. The van der Waals surface area contributed by atoms with E-state index in [-0.39, 0.29) is 5.91 Å². The fraction of sp³-hybridized carbons (Fsp3) is 0.615. The first-order valence-electron chi connectivity index (χ1n) is 6.31. The molecule has 1 unspecified atom stereocenters. The predicted octanol–water partition coefficient (Wildman–Crippen LogP) is 0.532. The molecule has 0 aromatic carbocycles. The van der Waals surface area contributed by atoms with Gasteiger partial charge in [-0.1, -0.05) is 0 Å². The number of carbonyl (C=O) groups is 1. The van der Waals surface area contributed by atoms with Crippen molar-refractivity contribution in [2.45, 2.75) is 19.0 Å². The molecule has 1 atom stereocenters. The lowest BCUT2D eigenvalue weighted by Crippen LogP contribution is -2.51. The Morgan fingerprint density at radius 3 is 3.06 bits per heavy atom. The number of hydrogen-bond donors (Lipinski definition) is 1. The molecule has 5 heteroatoms. The van der Waals surface area contributed by atoms with Crippen molar-refractivity contribution in [3.63, 3.8) is 0 Å². The van der Waals surface area contributed by atoms with Gasteiger partial charge in [0, 0.05) is 44.2 Å². The minimum absolute atomic E-state index is 0.100. The summed E-state index contributed by atoms with van der Waals surface area (Å²) in [6, 6.07) is 2.17. The number of hydrogen-bond acceptors (Lipinski definition) is 4. The van der Waals surface area contributed by atoms with Crippen LogP contribution in [0, 0.1) is 0 Å².